The molecule has 1 fully saturated rings. The Hall–Kier alpha value is 0.250. The van der Waals surface area contributed by atoms with Crippen LogP contribution in [0.2, 0.25) is 0 Å². The third-order valence-corrected chi connectivity index (χ3v) is 1.90. The van der Waals surface area contributed by atoms with Gasteiger partial charge in [-0.3, -0.25) is 0 Å². The maximum absolute atomic E-state index is 8.45. The van der Waals surface area contributed by atoms with E-state index in [9.17, 15) is 0 Å². The maximum atomic E-state index is 8.45. The molecule has 1 aliphatic rings. The third kappa shape index (κ3) is 1.07. The highest BCUT2D eigenvalue weighted by atomic mass is 35.5. The summed E-state index contributed by atoms with van der Waals surface area (Å²) >= 11 is 5.46. The summed E-state index contributed by atoms with van der Waals surface area (Å²) in [7, 11) is 0. The molecule has 0 amide bonds. The Bertz CT molecular complexity index is 57.1. The Labute approximate surface area is 48.3 Å². The van der Waals surface area contributed by atoms with Crippen LogP contribution in [-0.4, -0.2) is 17.6 Å². The fourth-order valence-electron chi connectivity index (χ4n) is 0.723. The van der Waals surface area contributed by atoms with Crippen molar-refractivity contribution >= 4 is 11.6 Å². The second kappa shape index (κ2) is 2.01. The number of aliphatic hydroxyl groups excluding tert-OH is 1. The van der Waals surface area contributed by atoms with Crippen molar-refractivity contribution in [3.63, 3.8) is 0 Å². The Balaban J connectivity index is 2.06. The first kappa shape index (κ1) is 5.39. The second-order valence-corrected chi connectivity index (χ2v) is 2.40. The van der Waals surface area contributed by atoms with Crippen LogP contribution in [-0.2, 0) is 0 Å². The van der Waals surface area contributed by atoms with Crippen molar-refractivity contribution < 1.29 is 5.11 Å². The second-order valence-electron chi connectivity index (χ2n) is 2.09. The van der Waals surface area contributed by atoms with Crippen molar-refractivity contribution in [3.05, 3.63) is 0 Å². The standard InChI is InChI=1S/C5H9ClO/c6-2-4-1-5(4)3-7/h4-5,7H,1-3H2. The van der Waals surface area contributed by atoms with Crippen LogP contribution in [0.15, 0.2) is 0 Å². The molecule has 0 aliphatic heterocycles. The molecular formula is C5H9ClO. The number of halogens is 1. The number of hydrogen-bond acceptors (Lipinski definition) is 1. The summed E-state index contributed by atoms with van der Waals surface area (Å²) in [5.74, 6) is 1.90. The van der Waals surface area contributed by atoms with Gasteiger partial charge in [0.2, 0.25) is 0 Å². The highest BCUT2D eigenvalue weighted by Crippen LogP contribution is 2.38. The van der Waals surface area contributed by atoms with Crippen molar-refractivity contribution in [2.45, 2.75) is 6.42 Å². The molecule has 2 atom stereocenters. The molecule has 42 valence electrons. The van der Waals surface area contributed by atoms with Crippen molar-refractivity contribution in [3.8, 4) is 0 Å². The molecule has 0 aromatic rings. The predicted octanol–water partition coefficient (Wildman–Crippen LogP) is 0.854. The van der Waals surface area contributed by atoms with Crippen LogP contribution in [0.1, 0.15) is 6.42 Å². The minimum Gasteiger partial charge on any atom is -0.396 e. The monoisotopic (exact) mass is 120 g/mol. The highest BCUT2D eigenvalue weighted by Gasteiger charge is 2.34. The highest BCUT2D eigenvalue weighted by molar-refractivity contribution is 6.18. The molecule has 1 aliphatic carbocycles. The zero-order chi connectivity index (χ0) is 5.28. The molecular weight excluding hydrogens is 112 g/mol. The largest absolute Gasteiger partial charge is 0.396 e. The molecule has 0 aromatic carbocycles. The van der Waals surface area contributed by atoms with Gasteiger partial charge in [-0.1, -0.05) is 0 Å². The average Bonchev–Trinajstić information content (AvgIpc) is 2.43. The minimum atomic E-state index is 0.331. The van der Waals surface area contributed by atoms with E-state index in [-0.39, 0.29) is 0 Å². The smallest absolute Gasteiger partial charge is 0.0462 e. The fourth-order valence-corrected chi connectivity index (χ4v) is 1.10. The molecule has 2 heteroatoms. The Morgan fingerprint density at radius 2 is 2.29 bits per heavy atom. The normalized spacial score (nSPS) is 38.6. The summed E-state index contributed by atoms with van der Waals surface area (Å²) < 4.78 is 0. The first-order chi connectivity index (χ1) is 3.38. The number of rotatable bonds is 2. The van der Waals surface area contributed by atoms with Crippen LogP contribution in [0.3, 0.4) is 0 Å². The predicted molar refractivity (Wildman–Crippen MR) is 29.4 cm³/mol. The lowest BCUT2D eigenvalue weighted by molar-refractivity contribution is 0.270. The van der Waals surface area contributed by atoms with Crippen LogP contribution < -0.4 is 0 Å². The van der Waals surface area contributed by atoms with E-state index in [1.807, 2.05) is 0 Å². The molecule has 0 aromatic heterocycles. The fraction of sp³-hybridized carbons (Fsp3) is 1.00. The van der Waals surface area contributed by atoms with E-state index in [1.54, 1.807) is 0 Å². The molecule has 0 spiro atoms. The molecule has 0 saturated heterocycles. The Morgan fingerprint density at radius 1 is 1.57 bits per heavy atom. The maximum Gasteiger partial charge on any atom is 0.0462 e. The van der Waals surface area contributed by atoms with E-state index < -0.39 is 0 Å². The van der Waals surface area contributed by atoms with Gasteiger partial charge in [0.05, 0.1) is 0 Å². The van der Waals surface area contributed by atoms with Gasteiger partial charge in [-0.15, -0.1) is 11.6 Å². The molecule has 1 saturated carbocycles. The van der Waals surface area contributed by atoms with Crippen molar-refractivity contribution in [1.82, 2.24) is 0 Å². The summed E-state index contributed by atoms with van der Waals surface area (Å²) in [6.07, 6.45) is 1.14. The van der Waals surface area contributed by atoms with Gasteiger partial charge in [0, 0.05) is 12.5 Å². The first-order valence-electron chi connectivity index (χ1n) is 2.55. The minimum absolute atomic E-state index is 0.331. The van der Waals surface area contributed by atoms with E-state index in [2.05, 4.69) is 0 Å². The number of aliphatic hydroxyl groups is 1. The summed E-state index contributed by atoms with van der Waals surface area (Å²) in [6, 6.07) is 0. The van der Waals surface area contributed by atoms with Gasteiger partial charge in [-0.25, -0.2) is 0 Å². The lowest BCUT2D eigenvalue weighted by Gasteiger charge is -1.83. The van der Waals surface area contributed by atoms with Crippen molar-refractivity contribution in [2.75, 3.05) is 12.5 Å². The van der Waals surface area contributed by atoms with Crippen LogP contribution in [0.25, 0.3) is 0 Å². The van der Waals surface area contributed by atoms with Crippen molar-refractivity contribution in [2.24, 2.45) is 11.8 Å². The van der Waals surface area contributed by atoms with Gasteiger partial charge < -0.3 is 5.11 Å². The molecule has 0 bridgehead atoms. The van der Waals surface area contributed by atoms with Gasteiger partial charge in [0.25, 0.3) is 0 Å². The average molecular weight is 121 g/mol. The van der Waals surface area contributed by atoms with E-state index in [0.29, 0.717) is 18.4 Å². The van der Waals surface area contributed by atoms with Gasteiger partial charge in [-0.2, -0.15) is 0 Å². The van der Waals surface area contributed by atoms with E-state index in [1.165, 1.54) is 0 Å². The van der Waals surface area contributed by atoms with Gasteiger partial charge in [0.15, 0.2) is 0 Å². The van der Waals surface area contributed by atoms with Crippen LogP contribution in [0, 0.1) is 11.8 Å². The Kier molecular flexibility index (Phi) is 1.55. The van der Waals surface area contributed by atoms with Gasteiger partial charge in [-0.05, 0) is 18.3 Å². The Morgan fingerprint density at radius 3 is 2.43 bits per heavy atom. The summed E-state index contributed by atoms with van der Waals surface area (Å²) in [4.78, 5) is 0. The van der Waals surface area contributed by atoms with E-state index in [0.717, 1.165) is 12.3 Å². The molecule has 0 heterocycles. The van der Waals surface area contributed by atoms with E-state index in [4.69, 9.17) is 16.7 Å². The summed E-state index contributed by atoms with van der Waals surface area (Å²) in [6.45, 7) is 0.331. The molecule has 0 radical (unpaired) electrons. The van der Waals surface area contributed by atoms with Crippen LogP contribution in [0.5, 0.6) is 0 Å². The summed E-state index contributed by atoms with van der Waals surface area (Å²) in [5.41, 5.74) is 0. The summed E-state index contributed by atoms with van der Waals surface area (Å²) in [5, 5.41) is 8.45. The molecule has 7 heavy (non-hydrogen) atoms. The lowest BCUT2D eigenvalue weighted by Crippen LogP contribution is -1.88. The van der Waals surface area contributed by atoms with Crippen molar-refractivity contribution in [1.29, 1.82) is 0 Å². The topological polar surface area (TPSA) is 20.2 Å². The quantitative estimate of drug-likeness (QED) is 0.536. The number of alkyl halides is 1. The molecule has 1 nitrogen and oxygen atoms in total. The molecule has 1 N–H and O–H groups in total. The molecule has 2 unspecified atom stereocenters. The molecule has 1 rings (SSSR count). The van der Waals surface area contributed by atoms with Crippen LogP contribution >= 0.6 is 11.6 Å². The zero-order valence-electron chi connectivity index (χ0n) is 4.10. The van der Waals surface area contributed by atoms with Gasteiger partial charge in [0.1, 0.15) is 0 Å². The van der Waals surface area contributed by atoms with E-state index >= 15 is 0 Å². The van der Waals surface area contributed by atoms with Crippen LogP contribution in [0.4, 0.5) is 0 Å². The third-order valence-electron chi connectivity index (χ3n) is 1.50. The zero-order valence-corrected chi connectivity index (χ0v) is 4.86. The SMILES string of the molecule is OCC1CC1CCl. The number of hydrogen-bond donors (Lipinski definition) is 1. The van der Waals surface area contributed by atoms with Gasteiger partial charge >= 0.3 is 0 Å². The lowest BCUT2D eigenvalue weighted by atomic mass is 10.4. The first-order valence-corrected chi connectivity index (χ1v) is 3.08.